The van der Waals surface area contributed by atoms with E-state index in [4.69, 9.17) is 15.2 Å². The van der Waals surface area contributed by atoms with E-state index in [0.29, 0.717) is 30.8 Å². The van der Waals surface area contributed by atoms with E-state index >= 15 is 0 Å². The van der Waals surface area contributed by atoms with E-state index in [1.165, 1.54) is 0 Å². The van der Waals surface area contributed by atoms with Gasteiger partial charge in [-0.15, -0.1) is 0 Å². The number of hydrogen-bond donors (Lipinski definition) is 3. The van der Waals surface area contributed by atoms with Gasteiger partial charge in [-0.05, 0) is 64.8 Å². The first-order valence-electron chi connectivity index (χ1n) is 10.7. The molecule has 0 bridgehead atoms. The SMILES string of the molecule is CCOC(=O)CCCCCNC(=O)c1cc2cc(/C(N)=N\C(=O)OC(C)(C)C)ccc2[nH]1. The van der Waals surface area contributed by atoms with E-state index in [2.05, 4.69) is 15.3 Å². The van der Waals surface area contributed by atoms with E-state index in [1.54, 1.807) is 52.0 Å². The van der Waals surface area contributed by atoms with Gasteiger partial charge in [-0.2, -0.15) is 4.99 Å². The summed E-state index contributed by atoms with van der Waals surface area (Å²) in [6, 6.07) is 6.96. The lowest BCUT2D eigenvalue weighted by atomic mass is 10.1. The number of amidine groups is 1. The molecule has 0 saturated carbocycles. The summed E-state index contributed by atoms with van der Waals surface area (Å²) in [5, 5.41) is 3.63. The number of benzene rings is 1. The molecule has 1 aromatic heterocycles. The Morgan fingerprint density at radius 3 is 2.56 bits per heavy atom. The van der Waals surface area contributed by atoms with Crippen molar-refractivity contribution in [3.63, 3.8) is 0 Å². The van der Waals surface area contributed by atoms with Gasteiger partial charge in [-0.1, -0.05) is 6.42 Å². The van der Waals surface area contributed by atoms with E-state index in [9.17, 15) is 14.4 Å². The maximum Gasteiger partial charge on any atom is 0.436 e. The minimum absolute atomic E-state index is 0.0381. The minimum Gasteiger partial charge on any atom is -0.466 e. The van der Waals surface area contributed by atoms with Crippen molar-refractivity contribution in [2.45, 2.75) is 59.0 Å². The van der Waals surface area contributed by atoms with Crippen LogP contribution in [0.2, 0.25) is 0 Å². The normalized spacial score (nSPS) is 11.9. The molecule has 0 fully saturated rings. The molecule has 9 heteroatoms. The number of nitrogens with two attached hydrogens (primary N) is 1. The Labute approximate surface area is 187 Å². The number of carbonyl (C=O) groups is 3. The number of ether oxygens (including phenoxy) is 2. The first-order valence-corrected chi connectivity index (χ1v) is 10.7. The second-order valence-corrected chi connectivity index (χ2v) is 8.33. The Morgan fingerprint density at radius 1 is 1.12 bits per heavy atom. The van der Waals surface area contributed by atoms with Gasteiger partial charge in [0.15, 0.2) is 0 Å². The average molecular weight is 445 g/mol. The average Bonchev–Trinajstić information content (AvgIpc) is 3.12. The molecule has 0 saturated heterocycles. The largest absolute Gasteiger partial charge is 0.466 e. The molecule has 0 radical (unpaired) electrons. The summed E-state index contributed by atoms with van der Waals surface area (Å²) in [7, 11) is 0. The van der Waals surface area contributed by atoms with E-state index in [1.807, 2.05) is 0 Å². The number of esters is 1. The maximum atomic E-state index is 12.4. The van der Waals surface area contributed by atoms with Crippen LogP contribution in [0.3, 0.4) is 0 Å². The number of amides is 2. The number of nitrogens with zero attached hydrogens (tertiary/aromatic N) is 1. The van der Waals surface area contributed by atoms with Crippen LogP contribution in [0.25, 0.3) is 10.9 Å². The van der Waals surface area contributed by atoms with Crippen molar-refractivity contribution < 1.29 is 23.9 Å². The zero-order valence-electron chi connectivity index (χ0n) is 19.1. The molecule has 0 aliphatic rings. The third kappa shape index (κ3) is 8.05. The number of unbranched alkanes of at least 4 members (excludes halogenated alkanes) is 2. The van der Waals surface area contributed by atoms with Crippen LogP contribution in [0.4, 0.5) is 4.79 Å². The molecule has 0 spiro atoms. The Morgan fingerprint density at radius 2 is 1.88 bits per heavy atom. The molecule has 0 aliphatic carbocycles. The Bertz CT molecular complexity index is 988. The molecule has 0 aliphatic heterocycles. The second kappa shape index (κ2) is 11.3. The van der Waals surface area contributed by atoms with Crippen LogP contribution in [-0.2, 0) is 14.3 Å². The molecule has 174 valence electrons. The van der Waals surface area contributed by atoms with Gasteiger partial charge in [0.2, 0.25) is 0 Å². The van der Waals surface area contributed by atoms with Crippen LogP contribution >= 0.6 is 0 Å². The van der Waals surface area contributed by atoms with Gasteiger partial charge in [0.05, 0.1) is 6.61 Å². The van der Waals surface area contributed by atoms with Gasteiger partial charge in [0.1, 0.15) is 17.1 Å². The molecule has 32 heavy (non-hydrogen) atoms. The summed E-state index contributed by atoms with van der Waals surface area (Å²) in [5.41, 5.74) is 7.02. The number of hydrogen-bond acceptors (Lipinski definition) is 5. The molecular formula is C23H32N4O5. The highest BCUT2D eigenvalue weighted by Crippen LogP contribution is 2.18. The number of rotatable bonds is 9. The van der Waals surface area contributed by atoms with Crippen molar-refractivity contribution in [2.75, 3.05) is 13.2 Å². The monoisotopic (exact) mass is 444 g/mol. The third-order valence-electron chi connectivity index (χ3n) is 4.41. The highest BCUT2D eigenvalue weighted by atomic mass is 16.6. The van der Waals surface area contributed by atoms with Crippen molar-refractivity contribution in [2.24, 2.45) is 10.7 Å². The van der Waals surface area contributed by atoms with Gasteiger partial charge in [-0.3, -0.25) is 9.59 Å². The van der Waals surface area contributed by atoms with Crippen LogP contribution in [0.5, 0.6) is 0 Å². The molecule has 9 nitrogen and oxygen atoms in total. The highest BCUT2D eigenvalue weighted by Gasteiger charge is 2.16. The highest BCUT2D eigenvalue weighted by molar-refractivity contribution is 6.06. The van der Waals surface area contributed by atoms with Crippen LogP contribution in [0.1, 0.15) is 69.4 Å². The topological polar surface area (TPSA) is 136 Å². The molecule has 0 atom stereocenters. The van der Waals surface area contributed by atoms with Gasteiger partial charge < -0.3 is 25.5 Å². The molecule has 4 N–H and O–H groups in total. The van der Waals surface area contributed by atoms with Crippen LogP contribution < -0.4 is 11.1 Å². The van der Waals surface area contributed by atoms with Crippen molar-refractivity contribution >= 4 is 34.7 Å². The Hall–Kier alpha value is -3.36. The smallest absolute Gasteiger partial charge is 0.436 e. The number of aliphatic imine (C=N–C) groups is 1. The molecule has 1 heterocycles. The summed E-state index contributed by atoms with van der Waals surface area (Å²) in [6.45, 7) is 7.93. The molecule has 2 rings (SSSR count). The number of H-pyrrole nitrogens is 1. The Balaban J connectivity index is 1.91. The fourth-order valence-electron chi connectivity index (χ4n) is 2.96. The summed E-state index contributed by atoms with van der Waals surface area (Å²) >= 11 is 0. The van der Waals surface area contributed by atoms with Crippen molar-refractivity contribution in [1.29, 1.82) is 0 Å². The lowest BCUT2D eigenvalue weighted by Gasteiger charge is -2.17. The van der Waals surface area contributed by atoms with Crippen molar-refractivity contribution in [3.05, 3.63) is 35.5 Å². The second-order valence-electron chi connectivity index (χ2n) is 8.33. The third-order valence-corrected chi connectivity index (χ3v) is 4.41. The van der Waals surface area contributed by atoms with Crippen LogP contribution in [0.15, 0.2) is 29.3 Å². The number of nitrogens with one attached hydrogen (secondary N) is 2. The minimum atomic E-state index is -0.758. The fraction of sp³-hybridized carbons (Fsp3) is 0.478. The van der Waals surface area contributed by atoms with E-state index < -0.39 is 11.7 Å². The first kappa shape index (κ1) is 24.9. The van der Waals surface area contributed by atoms with E-state index in [0.717, 1.165) is 30.2 Å². The predicted octanol–water partition coefficient (Wildman–Crippen LogP) is 3.66. The summed E-state index contributed by atoms with van der Waals surface area (Å²) in [4.78, 5) is 42.4. The van der Waals surface area contributed by atoms with Gasteiger partial charge in [-0.25, -0.2) is 4.79 Å². The molecule has 1 aromatic carbocycles. The van der Waals surface area contributed by atoms with Gasteiger partial charge in [0, 0.05) is 29.4 Å². The lowest BCUT2D eigenvalue weighted by molar-refractivity contribution is -0.143. The standard InChI is InChI=1S/C23H32N4O5/c1-5-31-19(28)9-7-6-8-12-25-21(29)18-14-16-13-15(10-11-17(16)26-18)20(24)27-22(30)32-23(2,3)4/h10-11,13-14,26H,5-9,12H2,1-4H3,(H,25,29)(H2,24,27,30). The molecular weight excluding hydrogens is 412 g/mol. The van der Waals surface area contributed by atoms with E-state index in [-0.39, 0.29) is 17.7 Å². The van der Waals surface area contributed by atoms with Crippen LogP contribution in [-0.4, -0.2) is 47.5 Å². The van der Waals surface area contributed by atoms with Gasteiger partial charge >= 0.3 is 12.1 Å². The summed E-state index contributed by atoms with van der Waals surface area (Å²) in [5.74, 6) is -0.370. The molecule has 2 amide bonds. The first-order chi connectivity index (χ1) is 15.1. The number of aromatic amines is 1. The zero-order chi connectivity index (χ0) is 23.7. The number of aromatic nitrogens is 1. The molecule has 0 unspecified atom stereocenters. The zero-order valence-corrected chi connectivity index (χ0v) is 19.1. The maximum absolute atomic E-state index is 12.4. The predicted molar refractivity (Wildman–Crippen MR) is 123 cm³/mol. The fourth-order valence-corrected chi connectivity index (χ4v) is 2.96. The number of fused-ring (bicyclic) bond motifs is 1. The number of carbonyl (C=O) groups excluding carboxylic acids is 3. The summed E-state index contributed by atoms with van der Waals surface area (Å²) < 4.78 is 10.0. The van der Waals surface area contributed by atoms with Crippen LogP contribution in [0, 0.1) is 0 Å². The van der Waals surface area contributed by atoms with Crippen molar-refractivity contribution in [1.82, 2.24) is 10.3 Å². The Kier molecular flexibility index (Phi) is 8.80. The quantitative estimate of drug-likeness (QED) is 0.234. The summed E-state index contributed by atoms with van der Waals surface area (Å²) in [6.07, 6.45) is 1.97. The van der Waals surface area contributed by atoms with Crippen molar-refractivity contribution in [3.8, 4) is 0 Å². The lowest BCUT2D eigenvalue weighted by Crippen LogP contribution is -2.24. The molecule has 2 aromatic rings. The van der Waals surface area contributed by atoms with Gasteiger partial charge in [0.25, 0.3) is 5.91 Å².